The van der Waals surface area contributed by atoms with Gasteiger partial charge in [0, 0.05) is 39.0 Å². The van der Waals surface area contributed by atoms with Crippen molar-refractivity contribution in [3.8, 4) is 0 Å². The van der Waals surface area contributed by atoms with Crippen molar-refractivity contribution in [1.29, 1.82) is 0 Å². The van der Waals surface area contributed by atoms with Gasteiger partial charge in [0.1, 0.15) is 0 Å². The van der Waals surface area contributed by atoms with Gasteiger partial charge >= 0.3 is 15.5 Å². The molecule has 0 saturated carbocycles. The third kappa shape index (κ3) is 5.46. The Morgan fingerprint density at radius 1 is 1.15 bits per heavy atom. The average molecular weight is 422 g/mol. The molecule has 1 heterocycles. The Bertz CT molecular complexity index is 725. The molecule has 0 aromatic carbocycles. The number of halogens is 3. The molecule has 0 atom stereocenters. The first-order chi connectivity index (χ1) is 11.6. The molecule has 0 radical (unpaired) electrons. The Morgan fingerprint density at radius 3 is 2.04 bits per heavy atom. The quantitative estimate of drug-likeness (QED) is 0.487. The van der Waals surface area contributed by atoms with E-state index in [1.807, 2.05) is 0 Å². The van der Waals surface area contributed by atoms with Crippen LogP contribution in [0.5, 0.6) is 0 Å². The SMILES string of the molecule is CN=C(NCC(C)(C)S(C)(=O)=O)NC1CCN(S(=O)(=O)C(F)(F)F)CC1. The fourth-order valence-corrected chi connectivity index (χ4v) is 3.52. The van der Waals surface area contributed by atoms with Gasteiger partial charge in [-0.05, 0) is 26.7 Å². The van der Waals surface area contributed by atoms with E-state index in [2.05, 4.69) is 15.6 Å². The molecule has 2 N–H and O–H groups in total. The van der Waals surface area contributed by atoms with Crippen molar-refractivity contribution < 1.29 is 30.0 Å². The second-order valence-electron chi connectivity index (χ2n) is 6.73. The van der Waals surface area contributed by atoms with Crippen LogP contribution in [0.4, 0.5) is 13.2 Å². The Balaban J connectivity index is 2.61. The predicted molar refractivity (Wildman–Crippen MR) is 93.0 cm³/mol. The number of nitrogens with zero attached hydrogens (tertiary/aromatic N) is 2. The van der Waals surface area contributed by atoms with E-state index in [4.69, 9.17) is 0 Å². The first kappa shape index (κ1) is 23.0. The zero-order valence-corrected chi connectivity index (χ0v) is 16.7. The third-order valence-corrected chi connectivity index (χ3v) is 8.12. The van der Waals surface area contributed by atoms with Crippen LogP contribution in [0.15, 0.2) is 4.99 Å². The lowest BCUT2D eigenvalue weighted by Crippen LogP contribution is -2.53. The maximum atomic E-state index is 12.6. The van der Waals surface area contributed by atoms with Crippen LogP contribution in [0.25, 0.3) is 0 Å². The highest BCUT2D eigenvalue weighted by Gasteiger charge is 2.50. The van der Waals surface area contributed by atoms with Gasteiger partial charge in [-0.25, -0.2) is 16.8 Å². The molecular weight excluding hydrogens is 397 g/mol. The smallest absolute Gasteiger partial charge is 0.355 e. The third-order valence-electron chi connectivity index (χ3n) is 4.34. The molecule has 154 valence electrons. The number of piperidine rings is 1. The molecule has 1 aliphatic heterocycles. The lowest BCUT2D eigenvalue weighted by molar-refractivity contribution is -0.0494. The zero-order chi connectivity index (χ0) is 20.4. The molecule has 26 heavy (non-hydrogen) atoms. The molecule has 0 aliphatic carbocycles. The van der Waals surface area contributed by atoms with E-state index in [-0.39, 0.29) is 38.5 Å². The molecule has 0 aromatic heterocycles. The van der Waals surface area contributed by atoms with Gasteiger partial charge in [-0.2, -0.15) is 17.5 Å². The van der Waals surface area contributed by atoms with Gasteiger partial charge in [0.2, 0.25) is 0 Å². The normalized spacial score (nSPS) is 19.4. The number of aliphatic imine (C=N–C) groups is 1. The fraction of sp³-hybridized carbons (Fsp3) is 0.923. The summed E-state index contributed by atoms with van der Waals surface area (Å²) in [5.41, 5.74) is -5.30. The van der Waals surface area contributed by atoms with Crippen LogP contribution in [0.1, 0.15) is 26.7 Å². The van der Waals surface area contributed by atoms with Gasteiger partial charge in [0.25, 0.3) is 0 Å². The van der Waals surface area contributed by atoms with Crippen molar-refractivity contribution in [3.63, 3.8) is 0 Å². The Morgan fingerprint density at radius 2 is 1.65 bits per heavy atom. The van der Waals surface area contributed by atoms with Gasteiger partial charge in [-0.1, -0.05) is 0 Å². The minimum atomic E-state index is -5.31. The number of sulfone groups is 1. The van der Waals surface area contributed by atoms with Gasteiger partial charge in [-0.3, -0.25) is 4.99 Å². The van der Waals surface area contributed by atoms with Gasteiger partial charge in [0.15, 0.2) is 15.8 Å². The monoisotopic (exact) mass is 422 g/mol. The largest absolute Gasteiger partial charge is 0.511 e. The number of rotatable bonds is 5. The van der Waals surface area contributed by atoms with Crippen molar-refractivity contribution in [3.05, 3.63) is 0 Å². The molecule has 0 unspecified atom stereocenters. The standard InChI is InChI=1S/C13H25F3N4O4S2/c1-12(2,25(4,21)22)9-18-11(17-3)19-10-5-7-20(8-6-10)26(23,24)13(14,15)16/h10H,5-9H2,1-4H3,(H2,17,18,19). The fourth-order valence-electron chi connectivity index (χ4n) is 2.20. The van der Waals surface area contributed by atoms with E-state index in [1.54, 1.807) is 13.8 Å². The predicted octanol–water partition coefficient (Wildman–Crippen LogP) is 0.289. The summed E-state index contributed by atoms with van der Waals surface area (Å²) in [4.78, 5) is 3.96. The summed E-state index contributed by atoms with van der Waals surface area (Å²) in [6, 6.07) is -0.276. The molecule has 1 aliphatic rings. The molecule has 0 spiro atoms. The number of guanidine groups is 1. The molecule has 1 fully saturated rings. The number of alkyl halides is 3. The number of hydrogen-bond donors (Lipinski definition) is 2. The van der Waals surface area contributed by atoms with Gasteiger partial charge < -0.3 is 10.6 Å². The van der Waals surface area contributed by atoms with E-state index in [9.17, 15) is 30.0 Å². The molecule has 1 rings (SSSR count). The van der Waals surface area contributed by atoms with Gasteiger partial charge in [0.05, 0.1) is 4.75 Å². The summed E-state index contributed by atoms with van der Waals surface area (Å²) in [6.45, 7) is 2.69. The Kier molecular flexibility index (Phi) is 6.96. The summed E-state index contributed by atoms with van der Waals surface area (Å²) in [5.74, 6) is 0.304. The molecule has 0 aromatic rings. The Hall–Kier alpha value is -1.08. The second kappa shape index (κ2) is 7.89. The molecule has 0 bridgehead atoms. The van der Waals surface area contributed by atoms with E-state index >= 15 is 0 Å². The molecular formula is C13H25F3N4O4S2. The first-order valence-electron chi connectivity index (χ1n) is 7.85. The van der Waals surface area contributed by atoms with Crippen molar-refractivity contribution in [2.45, 2.75) is 43.0 Å². The van der Waals surface area contributed by atoms with Crippen molar-refractivity contribution in [2.75, 3.05) is 32.9 Å². The summed E-state index contributed by atoms with van der Waals surface area (Å²) in [6.07, 6.45) is 1.47. The highest BCUT2D eigenvalue weighted by molar-refractivity contribution is 7.92. The second-order valence-corrected chi connectivity index (χ2v) is 11.3. The Labute approximate surface area is 152 Å². The lowest BCUT2D eigenvalue weighted by atomic mass is 10.1. The lowest BCUT2D eigenvalue weighted by Gasteiger charge is -2.33. The van der Waals surface area contributed by atoms with Crippen LogP contribution >= 0.6 is 0 Å². The number of hydrogen-bond acceptors (Lipinski definition) is 5. The highest BCUT2D eigenvalue weighted by atomic mass is 32.2. The van der Waals surface area contributed by atoms with E-state index in [1.165, 1.54) is 7.05 Å². The van der Waals surface area contributed by atoms with Crippen LogP contribution in [0.3, 0.4) is 0 Å². The van der Waals surface area contributed by atoms with Crippen molar-refractivity contribution in [2.24, 2.45) is 4.99 Å². The van der Waals surface area contributed by atoms with Crippen LogP contribution in [-0.2, 0) is 19.9 Å². The van der Waals surface area contributed by atoms with Crippen LogP contribution in [0, 0.1) is 0 Å². The highest BCUT2D eigenvalue weighted by Crippen LogP contribution is 2.28. The van der Waals surface area contributed by atoms with E-state index in [0.29, 0.717) is 10.3 Å². The maximum absolute atomic E-state index is 12.6. The van der Waals surface area contributed by atoms with E-state index in [0.717, 1.165) is 6.26 Å². The van der Waals surface area contributed by atoms with Gasteiger partial charge in [-0.15, -0.1) is 0 Å². The maximum Gasteiger partial charge on any atom is 0.511 e. The summed E-state index contributed by atoms with van der Waals surface area (Å²) in [7, 11) is -7.13. The summed E-state index contributed by atoms with van der Waals surface area (Å²) >= 11 is 0. The van der Waals surface area contributed by atoms with E-state index < -0.39 is 30.1 Å². The minimum Gasteiger partial charge on any atom is -0.355 e. The van der Waals surface area contributed by atoms with Crippen molar-refractivity contribution >= 4 is 25.8 Å². The number of nitrogens with one attached hydrogen (secondary N) is 2. The average Bonchev–Trinajstić information content (AvgIpc) is 2.49. The van der Waals surface area contributed by atoms with Crippen LogP contribution < -0.4 is 10.6 Å². The zero-order valence-electron chi connectivity index (χ0n) is 15.1. The molecule has 13 heteroatoms. The minimum absolute atomic E-state index is 0.0901. The first-order valence-corrected chi connectivity index (χ1v) is 11.2. The summed E-state index contributed by atoms with van der Waals surface area (Å²) in [5, 5.41) is 5.86. The topological polar surface area (TPSA) is 108 Å². The number of sulfonamides is 1. The van der Waals surface area contributed by atoms with Crippen LogP contribution in [-0.4, -0.2) is 76.3 Å². The molecule has 0 amide bonds. The molecule has 1 saturated heterocycles. The van der Waals surface area contributed by atoms with Crippen LogP contribution in [0.2, 0.25) is 0 Å². The molecule has 8 nitrogen and oxygen atoms in total. The van der Waals surface area contributed by atoms with Crippen molar-refractivity contribution in [1.82, 2.24) is 14.9 Å². The summed E-state index contributed by atoms with van der Waals surface area (Å²) < 4.78 is 83.3.